The average molecular weight is 220 g/mol. The van der Waals surface area contributed by atoms with Crippen LogP contribution in [0.4, 0.5) is 0 Å². The van der Waals surface area contributed by atoms with Crippen LogP contribution in [-0.4, -0.2) is 34.0 Å². The number of carbonyl (C=O) groups is 1. The topological polar surface area (TPSA) is 53.4 Å². The molecule has 0 unspecified atom stereocenters. The zero-order chi connectivity index (χ0) is 11.5. The van der Waals surface area contributed by atoms with E-state index in [2.05, 4.69) is 16.0 Å². The number of aryl methyl sites for hydroxylation is 1. The van der Waals surface area contributed by atoms with Gasteiger partial charge in [0, 0.05) is 32.0 Å². The van der Waals surface area contributed by atoms with E-state index in [0.717, 1.165) is 19.6 Å². The standard InChI is InChI=1S/C12H16N2O2/c1-9-2-10(5-13-4-9)6-14-7-11(8-14)3-12(15)16/h2,4-5,11H,3,6-8H2,1H3,(H,15,16). The van der Waals surface area contributed by atoms with Gasteiger partial charge in [-0.25, -0.2) is 0 Å². The Bertz CT molecular complexity index is 386. The number of carboxylic acids is 1. The summed E-state index contributed by atoms with van der Waals surface area (Å²) in [5.41, 5.74) is 2.37. The molecule has 0 aromatic carbocycles. The van der Waals surface area contributed by atoms with Gasteiger partial charge in [-0.05, 0) is 24.0 Å². The minimum Gasteiger partial charge on any atom is -0.481 e. The van der Waals surface area contributed by atoms with Crippen LogP contribution < -0.4 is 0 Å². The molecule has 0 atom stereocenters. The van der Waals surface area contributed by atoms with Crippen molar-refractivity contribution < 1.29 is 9.90 Å². The fourth-order valence-corrected chi connectivity index (χ4v) is 2.14. The summed E-state index contributed by atoms with van der Waals surface area (Å²) in [5.74, 6) is -0.364. The maximum atomic E-state index is 10.5. The zero-order valence-corrected chi connectivity index (χ0v) is 9.39. The second-order valence-electron chi connectivity index (χ2n) is 4.53. The molecule has 1 saturated heterocycles. The summed E-state index contributed by atoms with van der Waals surface area (Å²) in [6.45, 7) is 4.69. The highest BCUT2D eigenvalue weighted by Crippen LogP contribution is 2.21. The summed E-state index contributed by atoms with van der Waals surface area (Å²) >= 11 is 0. The normalized spacial score (nSPS) is 17.1. The molecule has 0 amide bonds. The van der Waals surface area contributed by atoms with Gasteiger partial charge in [0.05, 0.1) is 6.42 Å². The van der Waals surface area contributed by atoms with Gasteiger partial charge in [0.2, 0.25) is 0 Å². The fourth-order valence-electron chi connectivity index (χ4n) is 2.14. The summed E-state index contributed by atoms with van der Waals surface area (Å²) in [4.78, 5) is 16.9. The Morgan fingerprint density at radius 1 is 1.56 bits per heavy atom. The Balaban J connectivity index is 1.79. The third-order valence-corrected chi connectivity index (χ3v) is 2.83. The molecule has 0 spiro atoms. The SMILES string of the molecule is Cc1cncc(CN2CC(CC(=O)O)C2)c1. The average Bonchev–Trinajstić information content (AvgIpc) is 2.14. The molecule has 2 heterocycles. The smallest absolute Gasteiger partial charge is 0.303 e. The number of aromatic nitrogens is 1. The number of aliphatic carboxylic acids is 1. The van der Waals surface area contributed by atoms with Crippen molar-refractivity contribution in [3.05, 3.63) is 29.6 Å². The van der Waals surface area contributed by atoms with Gasteiger partial charge in [-0.2, -0.15) is 0 Å². The molecule has 0 aliphatic carbocycles. The van der Waals surface area contributed by atoms with Crippen molar-refractivity contribution in [1.29, 1.82) is 0 Å². The summed E-state index contributed by atoms with van der Waals surface area (Å²) in [7, 11) is 0. The maximum absolute atomic E-state index is 10.5. The van der Waals surface area contributed by atoms with Crippen LogP contribution in [0.5, 0.6) is 0 Å². The molecule has 0 radical (unpaired) electrons. The molecule has 1 N–H and O–H groups in total. The third kappa shape index (κ3) is 2.79. The van der Waals surface area contributed by atoms with E-state index in [0.29, 0.717) is 12.3 Å². The Morgan fingerprint density at radius 2 is 2.31 bits per heavy atom. The molecule has 16 heavy (non-hydrogen) atoms. The second kappa shape index (κ2) is 4.61. The van der Waals surface area contributed by atoms with Crippen LogP contribution in [0.3, 0.4) is 0 Å². The number of likely N-dealkylation sites (tertiary alicyclic amines) is 1. The molecule has 0 saturated carbocycles. The van der Waals surface area contributed by atoms with Gasteiger partial charge in [-0.1, -0.05) is 6.07 Å². The molecule has 1 fully saturated rings. The van der Waals surface area contributed by atoms with Crippen LogP contribution in [0, 0.1) is 12.8 Å². The van der Waals surface area contributed by atoms with E-state index in [4.69, 9.17) is 5.11 Å². The highest BCUT2D eigenvalue weighted by atomic mass is 16.4. The first kappa shape index (κ1) is 11.1. The van der Waals surface area contributed by atoms with E-state index >= 15 is 0 Å². The lowest BCUT2D eigenvalue weighted by molar-refractivity contribution is -0.139. The number of rotatable bonds is 4. The predicted molar refractivity (Wildman–Crippen MR) is 60.0 cm³/mol. The van der Waals surface area contributed by atoms with Gasteiger partial charge < -0.3 is 5.11 Å². The van der Waals surface area contributed by atoms with Gasteiger partial charge in [0.1, 0.15) is 0 Å². The molecule has 1 aromatic rings. The Labute approximate surface area is 94.9 Å². The molecule has 0 bridgehead atoms. The molecule has 1 aliphatic rings. The van der Waals surface area contributed by atoms with Gasteiger partial charge in [0.25, 0.3) is 0 Å². The number of hydrogen-bond donors (Lipinski definition) is 1. The van der Waals surface area contributed by atoms with Gasteiger partial charge in [-0.3, -0.25) is 14.7 Å². The minimum atomic E-state index is -0.693. The third-order valence-electron chi connectivity index (χ3n) is 2.83. The number of hydrogen-bond acceptors (Lipinski definition) is 3. The monoisotopic (exact) mass is 220 g/mol. The number of pyridine rings is 1. The second-order valence-corrected chi connectivity index (χ2v) is 4.53. The van der Waals surface area contributed by atoms with Crippen molar-refractivity contribution in [2.24, 2.45) is 5.92 Å². The Kier molecular flexibility index (Phi) is 3.19. The molecular formula is C12H16N2O2. The Hall–Kier alpha value is -1.42. The van der Waals surface area contributed by atoms with Crippen molar-refractivity contribution in [3.8, 4) is 0 Å². The van der Waals surface area contributed by atoms with Gasteiger partial charge in [-0.15, -0.1) is 0 Å². The predicted octanol–water partition coefficient (Wildman–Crippen LogP) is 1.30. The maximum Gasteiger partial charge on any atom is 0.303 e. The van der Waals surface area contributed by atoms with Crippen LogP contribution in [-0.2, 0) is 11.3 Å². The molecular weight excluding hydrogens is 204 g/mol. The number of nitrogens with zero attached hydrogens (tertiary/aromatic N) is 2. The largest absolute Gasteiger partial charge is 0.481 e. The quantitative estimate of drug-likeness (QED) is 0.831. The Morgan fingerprint density at radius 3 is 2.94 bits per heavy atom. The lowest BCUT2D eigenvalue weighted by atomic mass is 9.96. The molecule has 86 valence electrons. The van der Waals surface area contributed by atoms with E-state index in [-0.39, 0.29) is 0 Å². The molecule has 1 aliphatic heterocycles. The van der Waals surface area contributed by atoms with E-state index in [1.165, 1.54) is 11.1 Å². The lowest BCUT2D eigenvalue weighted by Gasteiger charge is -2.38. The zero-order valence-electron chi connectivity index (χ0n) is 9.39. The van der Waals surface area contributed by atoms with Crippen LogP contribution in [0.1, 0.15) is 17.5 Å². The van der Waals surface area contributed by atoms with E-state index < -0.39 is 5.97 Å². The highest BCUT2D eigenvalue weighted by Gasteiger charge is 2.28. The molecule has 1 aromatic heterocycles. The van der Waals surface area contributed by atoms with Crippen molar-refractivity contribution in [2.75, 3.05) is 13.1 Å². The highest BCUT2D eigenvalue weighted by molar-refractivity contribution is 5.67. The minimum absolute atomic E-state index is 0.294. The van der Waals surface area contributed by atoms with Crippen molar-refractivity contribution in [3.63, 3.8) is 0 Å². The summed E-state index contributed by atoms with van der Waals surface area (Å²) in [6.07, 6.45) is 4.01. The summed E-state index contributed by atoms with van der Waals surface area (Å²) < 4.78 is 0. The summed E-state index contributed by atoms with van der Waals surface area (Å²) in [6, 6.07) is 2.12. The first-order valence-corrected chi connectivity index (χ1v) is 5.48. The number of carboxylic acid groups (broad SMARTS) is 1. The first-order valence-electron chi connectivity index (χ1n) is 5.48. The van der Waals surface area contributed by atoms with E-state index in [1.807, 2.05) is 19.3 Å². The fraction of sp³-hybridized carbons (Fsp3) is 0.500. The van der Waals surface area contributed by atoms with Crippen LogP contribution in [0.2, 0.25) is 0 Å². The molecule has 4 heteroatoms. The lowest BCUT2D eigenvalue weighted by Crippen LogP contribution is -2.46. The van der Waals surface area contributed by atoms with E-state index in [9.17, 15) is 4.79 Å². The van der Waals surface area contributed by atoms with Gasteiger partial charge >= 0.3 is 5.97 Å². The van der Waals surface area contributed by atoms with Gasteiger partial charge in [0.15, 0.2) is 0 Å². The van der Waals surface area contributed by atoms with Crippen molar-refractivity contribution in [2.45, 2.75) is 19.9 Å². The first-order chi connectivity index (χ1) is 7.63. The van der Waals surface area contributed by atoms with Crippen LogP contribution >= 0.6 is 0 Å². The molecule has 4 nitrogen and oxygen atoms in total. The van der Waals surface area contributed by atoms with Crippen molar-refractivity contribution in [1.82, 2.24) is 9.88 Å². The van der Waals surface area contributed by atoms with Crippen LogP contribution in [0.25, 0.3) is 0 Å². The van der Waals surface area contributed by atoms with E-state index in [1.54, 1.807) is 0 Å². The van der Waals surface area contributed by atoms with Crippen molar-refractivity contribution >= 4 is 5.97 Å². The molecule has 2 rings (SSSR count). The summed E-state index contributed by atoms with van der Waals surface area (Å²) in [5, 5.41) is 8.63. The van der Waals surface area contributed by atoms with Crippen LogP contribution in [0.15, 0.2) is 18.5 Å².